The van der Waals surface area contributed by atoms with Crippen LogP contribution < -0.4 is 15.4 Å². The zero-order valence-electron chi connectivity index (χ0n) is 16.0. The third-order valence-electron chi connectivity index (χ3n) is 3.69. The second kappa shape index (κ2) is 10.5. The molecule has 8 heteroatoms. The van der Waals surface area contributed by atoms with Crippen LogP contribution in [0.5, 0.6) is 5.75 Å². The molecule has 2 amide bonds. The van der Waals surface area contributed by atoms with Gasteiger partial charge >= 0.3 is 5.97 Å². The predicted molar refractivity (Wildman–Crippen MR) is 97.7 cm³/mol. The van der Waals surface area contributed by atoms with Crippen LogP contribution in [-0.4, -0.2) is 41.6 Å². The minimum Gasteiger partial charge on any atom is -0.478 e. The Kier molecular flexibility index (Phi) is 8.71. The molecule has 1 aromatic carbocycles. The predicted octanol–water partition coefficient (Wildman–Crippen LogP) is 1.96. The highest BCUT2D eigenvalue weighted by atomic mass is 19.1. The second-order valence-electron chi connectivity index (χ2n) is 7.03. The first-order valence-electron chi connectivity index (χ1n) is 8.82. The molecule has 0 heterocycles. The Hall–Kier alpha value is -2.64. The third-order valence-corrected chi connectivity index (χ3v) is 3.69. The Balaban J connectivity index is 2.68. The van der Waals surface area contributed by atoms with Crippen LogP contribution >= 0.6 is 0 Å². The van der Waals surface area contributed by atoms with E-state index >= 15 is 0 Å². The average Bonchev–Trinajstić information content (AvgIpc) is 2.56. The molecule has 0 aliphatic rings. The van der Waals surface area contributed by atoms with Crippen LogP contribution in [0.3, 0.4) is 0 Å². The van der Waals surface area contributed by atoms with Gasteiger partial charge in [-0.25, -0.2) is 9.18 Å². The van der Waals surface area contributed by atoms with E-state index in [-0.39, 0.29) is 30.0 Å². The Morgan fingerprint density at radius 1 is 1.11 bits per heavy atom. The van der Waals surface area contributed by atoms with Gasteiger partial charge in [0.05, 0.1) is 6.54 Å². The summed E-state index contributed by atoms with van der Waals surface area (Å²) in [5.41, 5.74) is 0. The molecule has 7 nitrogen and oxygen atoms in total. The van der Waals surface area contributed by atoms with E-state index in [1.165, 1.54) is 12.1 Å². The molecule has 150 valence electrons. The smallest absolute Gasteiger partial charge is 0.346 e. The maximum atomic E-state index is 12.9. The van der Waals surface area contributed by atoms with E-state index in [1.54, 1.807) is 13.8 Å². The highest BCUT2D eigenvalue weighted by molar-refractivity contribution is 5.88. The van der Waals surface area contributed by atoms with E-state index in [2.05, 4.69) is 10.6 Å². The number of nitrogens with one attached hydrogen (secondary N) is 2. The Bertz CT molecular complexity index is 646. The summed E-state index contributed by atoms with van der Waals surface area (Å²) >= 11 is 0. The van der Waals surface area contributed by atoms with Gasteiger partial charge in [-0.2, -0.15) is 0 Å². The van der Waals surface area contributed by atoms with Gasteiger partial charge in [-0.05, 0) is 36.1 Å². The van der Waals surface area contributed by atoms with E-state index in [9.17, 15) is 23.9 Å². The molecule has 0 aliphatic heterocycles. The van der Waals surface area contributed by atoms with Crippen molar-refractivity contribution in [1.29, 1.82) is 0 Å². The van der Waals surface area contributed by atoms with E-state index in [0.29, 0.717) is 6.42 Å². The van der Waals surface area contributed by atoms with Crippen molar-refractivity contribution in [1.82, 2.24) is 10.6 Å². The molecule has 0 saturated heterocycles. The molecular weight excluding hydrogens is 355 g/mol. The average molecular weight is 382 g/mol. The minimum atomic E-state index is -1.35. The normalized spacial score (nSPS) is 13.1. The van der Waals surface area contributed by atoms with Crippen LogP contribution in [0.25, 0.3) is 0 Å². The quantitative estimate of drug-likeness (QED) is 0.574. The summed E-state index contributed by atoms with van der Waals surface area (Å²) in [5, 5.41) is 14.5. The molecule has 1 aromatic rings. The van der Waals surface area contributed by atoms with Gasteiger partial charge in [0.1, 0.15) is 17.6 Å². The van der Waals surface area contributed by atoms with Crippen molar-refractivity contribution in [2.75, 3.05) is 6.54 Å². The zero-order chi connectivity index (χ0) is 20.6. The van der Waals surface area contributed by atoms with Crippen LogP contribution in [-0.2, 0) is 14.4 Å². The van der Waals surface area contributed by atoms with Gasteiger partial charge in [0, 0.05) is 6.42 Å². The van der Waals surface area contributed by atoms with Gasteiger partial charge in [0.25, 0.3) is 0 Å². The zero-order valence-corrected chi connectivity index (χ0v) is 16.0. The van der Waals surface area contributed by atoms with Gasteiger partial charge < -0.3 is 20.5 Å². The number of aliphatic carboxylic acids is 1. The summed E-state index contributed by atoms with van der Waals surface area (Å²) in [6.45, 7) is 7.06. The SMILES string of the molecule is CC(C)CC(=O)NC(C(=O)NCC(Oc1ccc(F)cc1)C(=O)O)C(C)C. The van der Waals surface area contributed by atoms with Crippen molar-refractivity contribution in [3.63, 3.8) is 0 Å². The van der Waals surface area contributed by atoms with Crippen molar-refractivity contribution < 1.29 is 28.6 Å². The first-order valence-corrected chi connectivity index (χ1v) is 8.82. The lowest BCUT2D eigenvalue weighted by molar-refractivity contribution is -0.145. The Labute approximate surface area is 158 Å². The van der Waals surface area contributed by atoms with Crippen molar-refractivity contribution >= 4 is 17.8 Å². The molecule has 2 atom stereocenters. The summed E-state index contributed by atoms with van der Waals surface area (Å²) in [6, 6.07) is 4.11. The standard InChI is InChI=1S/C19H27FN2O5/c1-11(2)9-16(23)22-17(12(3)4)18(24)21-10-15(19(25)26)27-14-7-5-13(20)6-8-14/h5-8,11-12,15,17H,9-10H2,1-4H3,(H,21,24)(H,22,23)(H,25,26). The van der Waals surface area contributed by atoms with Crippen molar-refractivity contribution in [2.24, 2.45) is 11.8 Å². The molecule has 0 aliphatic carbocycles. The molecule has 1 rings (SSSR count). The van der Waals surface area contributed by atoms with Crippen LogP contribution in [0.15, 0.2) is 24.3 Å². The number of carboxylic acids is 1. The van der Waals surface area contributed by atoms with Gasteiger partial charge in [-0.15, -0.1) is 0 Å². The first kappa shape index (κ1) is 22.4. The van der Waals surface area contributed by atoms with Crippen molar-refractivity contribution in [3.8, 4) is 5.75 Å². The van der Waals surface area contributed by atoms with Crippen LogP contribution in [0, 0.1) is 17.7 Å². The fraction of sp³-hybridized carbons (Fsp3) is 0.526. The molecule has 0 saturated carbocycles. The van der Waals surface area contributed by atoms with Crippen LogP contribution in [0.1, 0.15) is 34.1 Å². The van der Waals surface area contributed by atoms with Crippen molar-refractivity contribution in [3.05, 3.63) is 30.1 Å². The molecule has 0 radical (unpaired) electrons. The first-order chi connectivity index (χ1) is 12.6. The lowest BCUT2D eigenvalue weighted by atomic mass is 10.0. The monoisotopic (exact) mass is 382 g/mol. The van der Waals surface area contributed by atoms with Gasteiger partial charge in [-0.3, -0.25) is 9.59 Å². The number of hydrogen-bond donors (Lipinski definition) is 3. The number of carbonyl (C=O) groups excluding carboxylic acids is 2. The molecule has 27 heavy (non-hydrogen) atoms. The van der Waals surface area contributed by atoms with Gasteiger partial charge in [-0.1, -0.05) is 27.7 Å². The van der Waals surface area contributed by atoms with Crippen LogP contribution in [0.2, 0.25) is 0 Å². The van der Waals surface area contributed by atoms with Gasteiger partial charge in [0.15, 0.2) is 0 Å². The van der Waals surface area contributed by atoms with E-state index in [1.807, 2.05) is 13.8 Å². The highest BCUT2D eigenvalue weighted by Gasteiger charge is 2.27. The van der Waals surface area contributed by atoms with Crippen molar-refractivity contribution in [2.45, 2.75) is 46.3 Å². The number of ether oxygens (including phenoxy) is 1. The number of carbonyl (C=O) groups is 3. The Morgan fingerprint density at radius 3 is 2.19 bits per heavy atom. The minimum absolute atomic E-state index is 0.154. The molecule has 3 N–H and O–H groups in total. The second-order valence-corrected chi connectivity index (χ2v) is 7.03. The molecule has 2 unspecified atom stereocenters. The number of halogens is 1. The molecule has 0 aromatic heterocycles. The number of amides is 2. The topological polar surface area (TPSA) is 105 Å². The van der Waals surface area contributed by atoms with E-state index < -0.39 is 29.8 Å². The number of rotatable bonds is 10. The van der Waals surface area contributed by atoms with Gasteiger partial charge in [0.2, 0.25) is 17.9 Å². The number of benzene rings is 1. The Morgan fingerprint density at radius 2 is 1.70 bits per heavy atom. The summed E-state index contributed by atoms with van der Waals surface area (Å²) in [6.07, 6.45) is -1.05. The molecule has 0 fully saturated rings. The summed E-state index contributed by atoms with van der Waals surface area (Å²) in [5.74, 6) is -2.33. The molecular formula is C19H27FN2O5. The van der Waals surface area contributed by atoms with E-state index in [4.69, 9.17) is 4.74 Å². The summed E-state index contributed by atoms with van der Waals surface area (Å²) < 4.78 is 18.2. The number of carboxylic acid groups (broad SMARTS) is 1. The lowest BCUT2D eigenvalue weighted by Gasteiger charge is -2.23. The highest BCUT2D eigenvalue weighted by Crippen LogP contribution is 2.13. The fourth-order valence-electron chi connectivity index (χ4n) is 2.30. The third kappa shape index (κ3) is 8.06. The lowest BCUT2D eigenvalue weighted by Crippen LogP contribution is -2.52. The largest absolute Gasteiger partial charge is 0.478 e. The fourth-order valence-corrected chi connectivity index (χ4v) is 2.30. The molecule has 0 bridgehead atoms. The maximum Gasteiger partial charge on any atom is 0.346 e. The molecule has 0 spiro atoms. The number of hydrogen-bond acceptors (Lipinski definition) is 4. The van der Waals surface area contributed by atoms with E-state index in [0.717, 1.165) is 12.1 Å². The summed E-state index contributed by atoms with van der Waals surface area (Å²) in [4.78, 5) is 35.7. The summed E-state index contributed by atoms with van der Waals surface area (Å²) in [7, 11) is 0. The maximum absolute atomic E-state index is 12.9. The van der Waals surface area contributed by atoms with Crippen LogP contribution in [0.4, 0.5) is 4.39 Å².